The monoisotopic (exact) mass is 339 g/mol. The predicted molar refractivity (Wildman–Crippen MR) is 97.4 cm³/mol. The Morgan fingerprint density at radius 3 is 2.64 bits per heavy atom. The van der Waals surface area contributed by atoms with Gasteiger partial charge in [-0.1, -0.05) is 12.7 Å². The summed E-state index contributed by atoms with van der Waals surface area (Å²) in [4.78, 5) is 18.8. The summed E-state index contributed by atoms with van der Waals surface area (Å²) in [5.74, 6) is 1.01. The van der Waals surface area contributed by atoms with Gasteiger partial charge in [-0.25, -0.2) is 4.98 Å². The Hall–Kier alpha value is -2.86. The Kier molecular flexibility index (Phi) is 5.64. The maximum absolute atomic E-state index is 12.3. The SMILES string of the molecule is C=CCOc1ccc(C(=O)Nc2ccc(N3CCOCC3)cn2)cc1. The predicted octanol–water partition coefficient (Wildman–Crippen LogP) is 2.74. The molecule has 1 N–H and O–H groups in total. The summed E-state index contributed by atoms with van der Waals surface area (Å²) in [6.07, 6.45) is 3.44. The number of hydrogen-bond acceptors (Lipinski definition) is 5. The zero-order chi connectivity index (χ0) is 17.5. The highest BCUT2D eigenvalue weighted by molar-refractivity contribution is 6.03. The van der Waals surface area contributed by atoms with Crippen molar-refractivity contribution in [2.45, 2.75) is 0 Å². The van der Waals surface area contributed by atoms with Gasteiger partial charge in [-0.15, -0.1) is 0 Å². The molecule has 1 aliphatic heterocycles. The second-order valence-electron chi connectivity index (χ2n) is 5.58. The number of nitrogens with zero attached hydrogens (tertiary/aromatic N) is 2. The van der Waals surface area contributed by atoms with Crippen molar-refractivity contribution in [3.63, 3.8) is 0 Å². The van der Waals surface area contributed by atoms with E-state index in [1.165, 1.54) is 0 Å². The van der Waals surface area contributed by atoms with E-state index < -0.39 is 0 Å². The van der Waals surface area contributed by atoms with Gasteiger partial charge in [0.1, 0.15) is 18.2 Å². The highest BCUT2D eigenvalue weighted by Gasteiger charge is 2.12. The molecule has 3 rings (SSSR count). The molecular weight excluding hydrogens is 318 g/mol. The lowest BCUT2D eigenvalue weighted by Gasteiger charge is -2.28. The van der Waals surface area contributed by atoms with Gasteiger partial charge in [-0.05, 0) is 36.4 Å². The molecule has 1 fully saturated rings. The third-order valence-corrected chi connectivity index (χ3v) is 3.85. The van der Waals surface area contributed by atoms with Crippen LogP contribution in [0.4, 0.5) is 11.5 Å². The van der Waals surface area contributed by atoms with E-state index in [0.29, 0.717) is 23.7 Å². The van der Waals surface area contributed by atoms with E-state index in [0.717, 1.165) is 32.0 Å². The fourth-order valence-electron chi connectivity index (χ4n) is 2.51. The van der Waals surface area contributed by atoms with Crippen LogP contribution < -0.4 is 15.0 Å². The minimum atomic E-state index is -0.207. The molecule has 1 saturated heterocycles. The largest absolute Gasteiger partial charge is 0.490 e. The number of aromatic nitrogens is 1. The standard InChI is InChI=1S/C19H21N3O3/c1-2-11-25-17-6-3-15(4-7-17)19(23)21-18-8-5-16(14-20-18)22-9-12-24-13-10-22/h2-8,14H,1,9-13H2,(H,20,21,23). The molecule has 0 atom stereocenters. The zero-order valence-corrected chi connectivity index (χ0v) is 14.0. The van der Waals surface area contributed by atoms with Gasteiger partial charge in [-0.3, -0.25) is 4.79 Å². The van der Waals surface area contributed by atoms with Crippen LogP contribution in [0.5, 0.6) is 5.75 Å². The van der Waals surface area contributed by atoms with Crippen molar-refractivity contribution < 1.29 is 14.3 Å². The number of hydrogen-bond donors (Lipinski definition) is 1. The molecule has 1 aromatic heterocycles. The Labute approximate surface area is 147 Å². The first-order valence-electron chi connectivity index (χ1n) is 8.20. The first kappa shape index (κ1) is 17.0. The second kappa shape index (κ2) is 8.30. The van der Waals surface area contributed by atoms with Crippen LogP contribution in [-0.4, -0.2) is 43.8 Å². The minimum Gasteiger partial charge on any atom is -0.490 e. The molecule has 0 unspecified atom stereocenters. The van der Waals surface area contributed by atoms with Gasteiger partial charge in [0.15, 0.2) is 0 Å². The van der Waals surface area contributed by atoms with Crippen LogP contribution in [0.1, 0.15) is 10.4 Å². The van der Waals surface area contributed by atoms with Crippen molar-refractivity contribution in [3.8, 4) is 5.75 Å². The van der Waals surface area contributed by atoms with Crippen LogP contribution in [-0.2, 0) is 4.74 Å². The summed E-state index contributed by atoms with van der Waals surface area (Å²) in [6, 6.07) is 10.7. The molecule has 25 heavy (non-hydrogen) atoms. The first-order chi connectivity index (χ1) is 12.3. The number of nitrogens with one attached hydrogen (secondary N) is 1. The molecule has 0 bridgehead atoms. The van der Waals surface area contributed by atoms with E-state index in [1.807, 2.05) is 12.1 Å². The molecule has 0 spiro atoms. The molecule has 0 radical (unpaired) electrons. The van der Waals surface area contributed by atoms with E-state index in [-0.39, 0.29) is 5.91 Å². The number of carbonyl (C=O) groups excluding carboxylic acids is 1. The molecule has 1 aliphatic rings. The Morgan fingerprint density at radius 2 is 2.00 bits per heavy atom. The van der Waals surface area contributed by atoms with Crippen molar-refractivity contribution >= 4 is 17.4 Å². The van der Waals surface area contributed by atoms with Crippen LogP contribution in [0, 0.1) is 0 Å². The molecule has 6 heteroatoms. The second-order valence-corrected chi connectivity index (χ2v) is 5.58. The summed E-state index contributed by atoms with van der Waals surface area (Å²) in [6.45, 7) is 7.20. The van der Waals surface area contributed by atoms with Gasteiger partial charge in [-0.2, -0.15) is 0 Å². The molecule has 2 heterocycles. The number of rotatable bonds is 6. The number of ether oxygens (including phenoxy) is 2. The number of amides is 1. The quantitative estimate of drug-likeness (QED) is 0.820. The number of pyridine rings is 1. The Bertz CT molecular complexity index is 708. The topological polar surface area (TPSA) is 63.7 Å². The van der Waals surface area contributed by atoms with E-state index in [4.69, 9.17) is 9.47 Å². The summed E-state index contributed by atoms with van der Waals surface area (Å²) in [7, 11) is 0. The fourth-order valence-corrected chi connectivity index (χ4v) is 2.51. The lowest BCUT2D eigenvalue weighted by atomic mass is 10.2. The highest BCUT2D eigenvalue weighted by Crippen LogP contribution is 2.17. The van der Waals surface area contributed by atoms with Crippen LogP contribution in [0.2, 0.25) is 0 Å². The van der Waals surface area contributed by atoms with Crippen molar-refractivity contribution in [2.75, 3.05) is 43.1 Å². The summed E-state index contributed by atoms with van der Waals surface area (Å²) in [5, 5.41) is 2.80. The molecule has 130 valence electrons. The van der Waals surface area contributed by atoms with Crippen LogP contribution in [0.25, 0.3) is 0 Å². The van der Waals surface area contributed by atoms with Gasteiger partial charge < -0.3 is 19.7 Å². The maximum atomic E-state index is 12.3. The van der Waals surface area contributed by atoms with Crippen LogP contribution >= 0.6 is 0 Å². The number of morpholine rings is 1. The lowest BCUT2D eigenvalue weighted by Crippen LogP contribution is -2.36. The summed E-state index contributed by atoms with van der Waals surface area (Å²) >= 11 is 0. The molecule has 0 aliphatic carbocycles. The van der Waals surface area contributed by atoms with E-state index >= 15 is 0 Å². The number of carbonyl (C=O) groups is 1. The molecule has 0 saturated carbocycles. The molecule has 2 aromatic rings. The van der Waals surface area contributed by atoms with Crippen molar-refractivity contribution in [1.29, 1.82) is 0 Å². The molecule has 6 nitrogen and oxygen atoms in total. The number of benzene rings is 1. The van der Waals surface area contributed by atoms with Gasteiger partial charge >= 0.3 is 0 Å². The van der Waals surface area contributed by atoms with Gasteiger partial charge in [0, 0.05) is 18.7 Å². The summed E-state index contributed by atoms with van der Waals surface area (Å²) in [5.41, 5.74) is 1.58. The Morgan fingerprint density at radius 1 is 1.24 bits per heavy atom. The normalized spacial score (nSPS) is 14.0. The minimum absolute atomic E-state index is 0.207. The average molecular weight is 339 g/mol. The smallest absolute Gasteiger partial charge is 0.256 e. The first-order valence-corrected chi connectivity index (χ1v) is 8.20. The highest BCUT2D eigenvalue weighted by atomic mass is 16.5. The lowest BCUT2D eigenvalue weighted by molar-refractivity contribution is 0.102. The maximum Gasteiger partial charge on any atom is 0.256 e. The van der Waals surface area contributed by atoms with Crippen molar-refractivity contribution in [2.24, 2.45) is 0 Å². The van der Waals surface area contributed by atoms with Gasteiger partial charge in [0.25, 0.3) is 5.91 Å². The van der Waals surface area contributed by atoms with Crippen molar-refractivity contribution in [3.05, 3.63) is 60.8 Å². The van der Waals surface area contributed by atoms with E-state index in [1.54, 1.807) is 36.5 Å². The summed E-state index contributed by atoms with van der Waals surface area (Å²) < 4.78 is 10.7. The van der Waals surface area contributed by atoms with Gasteiger partial charge in [0.05, 0.1) is 25.1 Å². The van der Waals surface area contributed by atoms with E-state index in [9.17, 15) is 4.79 Å². The average Bonchev–Trinajstić information content (AvgIpc) is 2.68. The number of anilines is 2. The van der Waals surface area contributed by atoms with Crippen LogP contribution in [0.15, 0.2) is 55.3 Å². The van der Waals surface area contributed by atoms with Crippen molar-refractivity contribution in [1.82, 2.24) is 4.98 Å². The van der Waals surface area contributed by atoms with E-state index in [2.05, 4.69) is 21.8 Å². The zero-order valence-electron chi connectivity index (χ0n) is 14.0. The third kappa shape index (κ3) is 4.58. The molecular formula is C19H21N3O3. The fraction of sp³-hybridized carbons (Fsp3) is 0.263. The van der Waals surface area contributed by atoms with Gasteiger partial charge in [0.2, 0.25) is 0 Å². The van der Waals surface area contributed by atoms with Crippen LogP contribution in [0.3, 0.4) is 0 Å². The third-order valence-electron chi connectivity index (χ3n) is 3.85. The molecule has 1 amide bonds. The Balaban J connectivity index is 1.59. The molecule has 1 aromatic carbocycles.